The molecule has 3 heteroatoms. The highest BCUT2D eigenvalue weighted by atomic mass is 16.3. The SMILES string of the molecule is CC(C)CC(C)(CN)N(C)Cc1ccoc1. The molecule has 0 radical (unpaired) electrons. The minimum Gasteiger partial charge on any atom is -0.472 e. The Morgan fingerprint density at radius 1 is 1.50 bits per heavy atom. The van der Waals surface area contributed by atoms with Gasteiger partial charge in [0.25, 0.3) is 0 Å². The molecule has 0 bridgehead atoms. The van der Waals surface area contributed by atoms with E-state index in [0.717, 1.165) is 13.0 Å². The normalized spacial score (nSPS) is 15.7. The molecule has 0 amide bonds. The summed E-state index contributed by atoms with van der Waals surface area (Å²) in [6, 6.07) is 2.00. The summed E-state index contributed by atoms with van der Waals surface area (Å²) in [5.41, 5.74) is 7.18. The average Bonchev–Trinajstić information content (AvgIpc) is 2.69. The van der Waals surface area contributed by atoms with Crippen molar-refractivity contribution in [3.8, 4) is 0 Å². The second kappa shape index (κ2) is 5.51. The molecule has 1 aromatic heterocycles. The van der Waals surface area contributed by atoms with Crippen LogP contribution in [0.1, 0.15) is 32.8 Å². The van der Waals surface area contributed by atoms with Gasteiger partial charge in [-0.05, 0) is 32.4 Å². The van der Waals surface area contributed by atoms with Crippen LogP contribution >= 0.6 is 0 Å². The van der Waals surface area contributed by atoms with Crippen molar-refractivity contribution in [1.82, 2.24) is 4.90 Å². The number of furan rings is 1. The number of nitrogens with two attached hydrogens (primary N) is 1. The summed E-state index contributed by atoms with van der Waals surface area (Å²) in [5, 5.41) is 0. The van der Waals surface area contributed by atoms with Gasteiger partial charge in [0.2, 0.25) is 0 Å². The first kappa shape index (κ1) is 13.3. The Labute approximate surface area is 98.6 Å². The van der Waals surface area contributed by atoms with Gasteiger partial charge in [-0.2, -0.15) is 0 Å². The van der Waals surface area contributed by atoms with E-state index in [1.165, 1.54) is 5.56 Å². The van der Waals surface area contributed by atoms with Gasteiger partial charge in [-0.25, -0.2) is 0 Å². The van der Waals surface area contributed by atoms with Crippen molar-refractivity contribution < 1.29 is 4.42 Å². The summed E-state index contributed by atoms with van der Waals surface area (Å²) in [7, 11) is 2.13. The van der Waals surface area contributed by atoms with Crippen molar-refractivity contribution in [2.45, 2.75) is 39.3 Å². The zero-order valence-electron chi connectivity index (χ0n) is 10.9. The van der Waals surface area contributed by atoms with Gasteiger partial charge in [0.05, 0.1) is 12.5 Å². The van der Waals surface area contributed by atoms with Crippen molar-refractivity contribution in [3.63, 3.8) is 0 Å². The summed E-state index contributed by atoms with van der Waals surface area (Å²) in [4.78, 5) is 2.32. The number of rotatable bonds is 6. The van der Waals surface area contributed by atoms with Crippen LogP contribution in [0.15, 0.2) is 23.0 Å². The maximum atomic E-state index is 5.92. The second-order valence-electron chi connectivity index (χ2n) is 5.29. The Morgan fingerprint density at radius 3 is 2.62 bits per heavy atom. The van der Waals surface area contributed by atoms with Gasteiger partial charge >= 0.3 is 0 Å². The molecule has 1 aromatic rings. The van der Waals surface area contributed by atoms with E-state index in [2.05, 4.69) is 32.7 Å². The zero-order chi connectivity index (χ0) is 12.2. The van der Waals surface area contributed by atoms with E-state index in [-0.39, 0.29) is 5.54 Å². The number of nitrogens with zero attached hydrogens (tertiary/aromatic N) is 1. The quantitative estimate of drug-likeness (QED) is 0.807. The molecule has 0 aromatic carbocycles. The lowest BCUT2D eigenvalue weighted by molar-refractivity contribution is 0.111. The molecule has 92 valence electrons. The van der Waals surface area contributed by atoms with E-state index in [0.29, 0.717) is 12.5 Å². The second-order valence-corrected chi connectivity index (χ2v) is 5.29. The molecule has 0 saturated carbocycles. The van der Waals surface area contributed by atoms with Crippen LogP contribution in [0.5, 0.6) is 0 Å². The molecule has 1 atom stereocenters. The highest BCUT2D eigenvalue weighted by Crippen LogP contribution is 2.23. The highest BCUT2D eigenvalue weighted by molar-refractivity contribution is 5.06. The van der Waals surface area contributed by atoms with Crippen LogP contribution in [-0.4, -0.2) is 24.0 Å². The molecule has 0 saturated heterocycles. The Balaban J connectivity index is 2.64. The van der Waals surface area contributed by atoms with Crippen LogP contribution in [0.4, 0.5) is 0 Å². The van der Waals surface area contributed by atoms with Crippen molar-refractivity contribution in [2.75, 3.05) is 13.6 Å². The van der Waals surface area contributed by atoms with Crippen LogP contribution in [0.2, 0.25) is 0 Å². The summed E-state index contributed by atoms with van der Waals surface area (Å²) in [5.74, 6) is 0.653. The van der Waals surface area contributed by atoms with Gasteiger partial charge < -0.3 is 10.2 Å². The van der Waals surface area contributed by atoms with Gasteiger partial charge in [-0.1, -0.05) is 13.8 Å². The number of hydrogen-bond acceptors (Lipinski definition) is 3. The summed E-state index contributed by atoms with van der Waals surface area (Å²) < 4.78 is 5.08. The van der Waals surface area contributed by atoms with Gasteiger partial charge in [0.15, 0.2) is 0 Å². The Kier molecular flexibility index (Phi) is 4.56. The summed E-state index contributed by atoms with van der Waals surface area (Å²) in [6.07, 6.45) is 4.62. The molecule has 0 aliphatic carbocycles. The maximum absolute atomic E-state index is 5.92. The van der Waals surface area contributed by atoms with Gasteiger partial charge in [0, 0.05) is 24.2 Å². The highest BCUT2D eigenvalue weighted by Gasteiger charge is 2.28. The predicted molar refractivity (Wildman–Crippen MR) is 67.1 cm³/mol. The standard InChI is InChI=1S/C13H24N2O/c1-11(2)7-13(3,10-14)15(4)8-12-5-6-16-9-12/h5-6,9,11H,7-8,10,14H2,1-4H3. The van der Waals surface area contributed by atoms with Crippen molar-refractivity contribution in [3.05, 3.63) is 24.2 Å². The largest absolute Gasteiger partial charge is 0.472 e. The van der Waals surface area contributed by atoms with E-state index in [1.807, 2.05) is 6.07 Å². The zero-order valence-corrected chi connectivity index (χ0v) is 10.9. The third-order valence-electron chi connectivity index (χ3n) is 3.21. The van der Waals surface area contributed by atoms with Gasteiger partial charge in [0.1, 0.15) is 0 Å². The molecule has 1 rings (SSSR count). The molecule has 0 aliphatic rings. The Hall–Kier alpha value is -0.800. The molecule has 1 unspecified atom stereocenters. The lowest BCUT2D eigenvalue weighted by Gasteiger charge is -2.39. The lowest BCUT2D eigenvalue weighted by Crippen LogP contribution is -2.50. The first-order valence-corrected chi connectivity index (χ1v) is 5.90. The Bertz CT molecular complexity index is 295. The topological polar surface area (TPSA) is 42.4 Å². The van der Waals surface area contributed by atoms with Gasteiger partial charge in [-0.3, -0.25) is 4.90 Å². The number of hydrogen-bond donors (Lipinski definition) is 1. The average molecular weight is 224 g/mol. The van der Waals surface area contributed by atoms with E-state index in [9.17, 15) is 0 Å². The molecule has 16 heavy (non-hydrogen) atoms. The lowest BCUT2D eigenvalue weighted by atomic mass is 9.89. The van der Waals surface area contributed by atoms with E-state index in [4.69, 9.17) is 10.2 Å². The van der Waals surface area contributed by atoms with Crippen LogP contribution < -0.4 is 5.73 Å². The summed E-state index contributed by atoms with van der Waals surface area (Å²) in [6.45, 7) is 8.27. The third kappa shape index (κ3) is 3.35. The van der Waals surface area contributed by atoms with E-state index in [1.54, 1.807) is 12.5 Å². The molecule has 1 heterocycles. The molecule has 0 spiro atoms. The minimum atomic E-state index is 0.0609. The Morgan fingerprint density at radius 2 is 2.19 bits per heavy atom. The van der Waals surface area contributed by atoms with Crippen molar-refractivity contribution in [1.29, 1.82) is 0 Å². The van der Waals surface area contributed by atoms with Gasteiger partial charge in [-0.15, -0.1) is 0 Å². The van der Waals surface area contributed by atoms with E-state index < -0.39 is 0 Å². The first-order valence-electron chi connectivity index (χ1n) is 5.90. The predicted octanol–water partition coefficient (Wildman–Crippen LogP) is 2.47. The van der Waals surface area contributed by atoms with Crippen molar-refractivity contribution >= 4 is 0 Å². The molecule has 0 aliphatic heterocycles. The summed E-state index contributed by atoms with van der Waals surface area (Å²) >= 11 is 0. The fourth-order valence-electron chi connectivity index (χ4n) is 2.12. The third-order valence-corrected chi connectivity index (χ3v) is 3.21. The van der Waals surface area contributed by atoms with Crippen LogP contribution in [-0.2, 0) is 6.54 Å². The minimum absolute atomic E-state index is 0.0609. The van der Waals surface area contributed by atoms with Crippen molar-refractivity contribution in [2.24, 2.45) is 11.7 Å². The molecule has 3 nitrogen and oxygen atoms in total. The molecule has 0 fully saturated rings. The molecular formula is C13H24N2O. The van der Waals surface area contributed by atoms with Crippen LogP contribution in [0, 0.1) is 5.92 Å². The van der Waals surface area contributed by atoms with Crippen LogP contribution in [0.3, 0.4) is 0 Å². The smallest absolute Gasteiger partial charge is 0.0947 e. The fourth-order valence-corrected chi connectivity index (χ4v) is 2.12. The van der Waals surface area contributed by atoms with Crippen LogP contribution in [0.25, 0.3) is 0 Å². The maximum Gasteiger partial charge on any atom is 0.0947 e. The van der Waals surface area contributed by atoms with E-state index >= 15 is 0 Å². The fraction of sp³-hybridized carbons (Fsp3) is 0.692. The first-order chi connectivity index (χ1) is 7.48. The molecule has 2 N–H and O–H groups in total. The monoisotopic (exact) mass is 224 g/mol. The number of likely N-dealkylation sites (N-methyl/N-ethyl adjacent to an activating group) is 1. The molecular weight excluding hydrogens is 200 g/mol.